The van der Waals surface area contributed by atoms with E-state index < -0.39 is 0 Å². The number of anilines is 1. The molecule has 0 atom stereocenters. The van der Waals surface area contributed by atoms with Crippen LogP contribution in [0.15, 0.2) is 30.3 Å². The highest BCUT2D eigenvalue weighted by Gasteiger charge is 2.15. The molecule has 1 aromatic carbocycles. The number of rotatable bonds is 3. The van der Waals surface area contributed by atoms with Crippen molar-refractivity contribution in [2.45, 2.75) is 39.7 Å². The van der Waals surface area contributed by atoms with Crippen LogP contribution in [0, 0.1) is 12.7 Å². The molecule has 102 valence electrons. The van der Waals surface area contributed by atoms with Gasteiger partial charge in [0.25, 0.3) is 0 Å². The molecule has 0 bridgehead atoms. The van der Waals surface area contributed by atoms with Crippen molar-refractivity contribution in [2.24, 2.45) is 0 Å². The predicted molar refractivity (Wildman–Crippen MR) is 81.5 cm³/mol. The standard InChI is InChI=1S/C16H20FNS/c1-11-9-12(17)5-7-14(11)18-10-13-6-8-15(19-13)16(2,3)4/h5-9,18H,10H2,1-4H3. The molecule has 0 saturated heterocycles. The quantitative estimate of drug-likeness (QED) is 0.822. The van der Waals surface area contributed by atoms with Gasteiger partial charge in [-0.15, -0.1) is 11.3 Å². The summed E-state index contributed by atoms with van der Waals surface area (Å²) in [5.41, 5.74) is 2.13. The molecule has 0 saturated carbocycles. The summed E-state index contributed by atoms with van der Waals surface area (Å²) < 4.78 is 13.0. The van der Waals surface area contributed by atoms with Crippen molar-refractivity contribution in [1.82, 2.24) is 0 Å². The van der Waals surface area contributed by atoms with Gasteiger partial charge in [0.2, 0.25) is 0 Å². The van der Waals surface area contributed by atoms with Crippen LogP contribution in [0.25, 0.3) is 0 Å². The van der Waals surface area contributed by atoms with Crippen LogP contribution in [0.2, 0.25) is 0 Å². The van der Waals surface area contributed by atoms with E-state index in [-0.39, 0.29) is 11.2 Å². The van der Waals surface area contributed by atoms with Gasteiger partial charge in [0.1, 0.15) is 5.82 Å². The normalized spacial score (nSPS) is 11.6. The molecular weight excluding hydrogens is 257 g/mol. The molecule has 0 unspecified atom stereocenters. The number of nitrogens with one attached hydrogen (secondary N) is 1. The lowest BCUT2D eigenvalue weighted by molar-refractivity contribution is 0.604. The molecule has 0 amide bonds. The average molecular weight is 277 g/mol. The van der Waals surface area contributed by atoms with Crippen LogP contribution in [0.5, 0.6) is 0 Å². The summed E-state index contributed by atoms with van der Waals surface area (Å²) in [6.45, 7) is 9.37. The van der Waals surface area contributed by atoms with Gasteiger partial charge >= 0.3 is 0 Å². The molecule has 0 aliphatic carbocycles. The Labute approximate surface area is 118 Å². The zero-order chi connectivity index (χ0) is 14.0. The second kappa shape index (κ2) is 5.33. The zero-order valence-electron chi connectivity index (χ0n) is 11.9. The van der Waals surface area contributed by atoms with E-state index in [2.05, 4.69) is 38.2 Å². The van der Waals surface area contributed by atoms with E-state index in [1.807, 2.05) is 18.3 Å². The molecule has 1 aromatic heterocycles. The fourth-order valence-corrected chi connectivity index (χ4v) is 2.89. The van der Waals surface area contributed by atoms with Crippen LogP contribution >= 0.6 is 11.3 Å². The molecule has 1 nitrogen and oxygen atoms in total. The van der Waals surface area contributed by atoms with Crippen LogP contribution < -0.4 is 5.32 Å². The third-order valence-electron chi connectivity index (χ3n) is 3.04. The van der Waals surface area contributed by atoms with Gasteiger partial charge in [-0.25, -0.2) is 4.39 Å². The van der Waals surface area contributed by atoms with Crippen LogP contribution in [0.1, 0.15) is 36.1 Å². The lowest BCUT2D eigenvalue weighted by atomic mass is 9.95. The van der Waals surface area contributed by atoms with E-state index in [9.17, 15) is 4.39 Å². The third-order valence-corrected chi connectivity index (χ3v) is 4.55. The fraction of sp³-hybridized carbons (Fsp3) is 0.375. The molecule has 2 rings (SSSR count). The van der Waals surface area contributed by atoms with E-state index in [0.717, 1.165) is 17.8 Å². The van der Waals surface area contributed by atoms with Gasteiger partial charge in [0.15, 0.2) is 0 Å². The first kappa shape index (κ1) is 14.1. The maximum atomic E-state index is 13.0. The van der Waals surface area contributed by atoms with Crippen molar-refractivity contribution < 1.29 is 4.39 Å². The van der Waals surface area contributed by atoms with E-state index in [0.29, 0.717) is 0 Å². The Bertz CT molecular complexity index is 566. The molecular formula is C16H20FNS. The maximum absolute atomic E-state index is 13.0. The van der Waals surface area contributed by atoms with E-state index in [1.54, 1.807) is 12.1 Å². The van der Waals surface area contributed by atoms with Gasteiger partial charge in [0.05, 0.1) is 0 Å². The molecule has 19 heavy (non-hydrogen) atoms. The molecule has 0 radical (unpaired) electrons. The van der Waals surface area contributed by atoms with E-state index >= 15 is 0 Å². The Morgan fingerprint density at radius 3 is 2.47 bits per heavy atom. The third kappa shape index (κ3) is 3.57. The van der Waals surface area contributed by atoms with Crippen molar-refractivity contribution in [3.8, 4) is 0 Å². The monoisotopic (exact) mass is 277 g/mol. The number of benzene rings is 1. The van der Waals surface area contributed by atoms with Gasteiger partial charge in [-0.3, -0.25) is 0 Å². The van der Waals surface area contributed by atoms with Crippen molar-refractivity contribution in [1.29, 1.82) is 0 Å². The van der Waals surface area contributed by atoms with Gasteiger partial charge in [0, 0.05) is 22.0 Å². The molecule has 0 aliphatic rings. The largest absolute Gasteiger partial charge is 0.380 e. The van der Waals surface area contributed by atoms with Gasteiger partial charge in [-0.05, 0) is 48.2 Å². The lowest BCUT2D eigenvalue weighted by Crippen LogP contribution is -2.07. The highest BCUT2D eigenvalue weighted by molar-refractivity contribution is 7.12. The number of halogens is 1. The number of hydrogen-bond donors (Lipinski definition) is 1. The molecule has 3 heteroatoms. The summed E-state index contributed by atoms with van der Waals surface area (Å²) in [6, 6.07) is 9.20. The Morgan fingerprint density at radius 2 is 1.89 bits per heavy atom. The molecule has 1 heterocycles. The van der Waals surface area contributed by atoms with Crippen molar-refractivity contribution in [3.63, 3.8) is 0 Å². The number of thiophene rings is 1. The average Bonchev–Trinajstić information content (AvgIpc) is 2.76. The zero-order valence-corrected chi connectivity index (χ0v) is 12.7. The van der Waals surface area contributed by atoms with Crippen molar-refractivity contribution >= 4 is 17.0 Å². The van der Waals surface area contributed by atoms with Crippen LogP contribution in [0.3, 0.4) is 0 Å². The van der Waals surface area contributed by atoms with E-state index in [1.165, 1.54) is 15.8 Å². The van der Waals surface area contributed by atoms with E-state index in [4.69, 9.17) is 0 Å². The highest BCUT2D eigenvalue weighted by Crippen LogP contribution is 2.30. The van der Waals surface area contributed by atoms with Crippen molar-refractivity contribution in [3.05, 3.63) is 51.5 Å². The summed E-state index contributed by atoms with van der Waals surface area (Å²) in [5, 5.41) is 3.36. The minimum Gasteiger partial charge on any atom is -0.380 e. The summed E-state index contributed by atoms with van der Waals surface area (Å²) in [5.74, 6) is -0.186. The molecule has 0 fully saturated rings. The summed E-state index contributed by atoms with van der Waals surface area (Å²) in [6.07, 6.45) is 0. The minimum absolute atomic E-state index is 0.186. The summed E-state index contributed by atoms with van der Waals surface area (Å²) in [4.78, 5) is 2.69. The fourth-order valence-electron chi connectivity index (χ4n) is 1.88. The Kier molecular flexibility index (Phi) is 3.95. The van der Waals surface area contributed by atoms with Gasteiger partial charge < -0.3 is 5.32 Å². The summed E-state index contributed by atoms with van der Waals surface area (Å²) in [7, 11) is 0. The Balaban J connectivity index is 2.04. The number of aryl methyl sites for hydroxylation is 1. The molecule has 1 N–H and O–H groups in total. The van der Waals surface area contributed by atoms with Crippen LogP contribution in [0.4, 0.5) is 10.1 Å². The Morgan fingerprint density at radius 1 is 1.16 bits per heavy atom. The molecule has 0 spiro atoms. The molecule has 0 aliphatic heterocycles. The topological polar surface area (TPSA) is 12.0 Å². The SMILES string of the molecule is Cc1cc(F)ccc1NCc1ccc(C(C)(C)C)s1. The maximum Gasteiger partial charge on any atom is 0.123 e. The number of hydrogen-bond acceptors (Lipinski definition) is 2. The second-order valence-electron chi connectivity index (χ2n) is 5.83. The lowest BCUT2D eigenvalue weighted by Gasteiger charge is -2.15. The second-order valence-corrected chi connectivity index (χ2v) is 7.00. The summed E-state index contributed by atoms with van der Waals surface area (Å²) >= 11 is 1.83. The van der Waals surface area contributed by atoms with Gasteiger partial charge in [-0.1, -0.05) is 20.8 Å². The first-order valence-corrected chi connectivity index (χ1v) is 7.27. The predicted octanol–water partition coefficient (Wildman–Crippen LogP) is 5.11. The first-order valence-electron chi connectivity index (χ1n) is 6.45. The van der Waals surface area contributed by atoms with Crippen LogP contribution in [-0.4, -0.2) is 0 Å². The first-order chi connectivity index (χ1) is 8.86. The minimum atomic E-state index is -0.186. The molecule has 2 aromatic rings. The smallest absolute Gasteiger partial charge is 0.123 e. The van der Waals surface area contributed by atoms with Crippen molar-refractivity contribution in [2.75, 3.05) is 5.32 Å². The van der Waals surface area contributed by atoms with Gasteiger partial charge in [-0.2, -0.15) is 0 Å². The highest BCUT2D eigenvalue weighted by atomic mass is 32.1. The van der Waals surface area contributed by atoms with Crippen LogP contribution in [-0.2, 0) is 12.0 Å². The Hall–Kier alpha value is -1.35.